The molecule has 5 heteroatoms. The van der Waals surface area contributed by atoms with Gasteiger partial charge in [-0.3, -0.25) is 0 Å². The summed E-state index contributed by atoms with van der Waals surface area (Å²) in [5.74, 6) is -1.20. The third-order valence-corrected chi connectivity index (χ3v) is 2.30. The summed E-state index contributed by atoms with van der Waals surface area (Å²) in [5.41, 5.74) is 0.212. The smallest absolute Gasteiger partial charge is 0.151 e. The van der Waals surface area contributed by atoms with Crippen LogP contribution in [0.2, 0.25) is 0 Å². The van der Waals surface area contributed by atoms with Crippen LogP contribution in [0.5, 0.6) is 5.75 Å². The van der Waals surface area contributed by atoms with Crippen molar-refractivity contribution in [3.05, 3.63) is 29.6 Å². The fourth-order valence-electron chi connectivity index (χ4n) is 0.942. The zero-order valence-corrected chi connectivity index (χ0v) is 7.81. The van der Waals surface area contributed by atoms with Gasteiger partial charge >= 0.3 is 0 Å². The maximum atomic E-state index is 12.5. The molecule has 0 aliphatic carbocycles. The fourth-order valence-corrected chi connectivity index (χ4v) is 1.75. The summed E-state index contributed by atoms with van der Waals surface area (Å²) >= 11 is 0. The van der Waals surface area contributed by atoms with Gasteiger partial charge in [0.2, 0.25) is 0 Å². The molecule has 0 heterocycles. The highest BCUT2D eigenvalue weighted by molar-refractivity contribution is 7.89. The molecule has 0 radical (unpaired) electrons. The maximum Gasteiger partial charge on any atom is 0.151 e. The zero-order chi connectivity index (χ0) is 10.1. The third-order valence-electron chi connectivity index (χ3n) is 1.47. The summed E-state index contributed by atoms with van der Waals surface area (Å²) in [7, 11) is -3.19. The van der Waals surface area contributed by atoms with E-state index in [0.717, 1.165) is 18.4 Å². The van der Waals surface area contributed by atoms with Crippen LogP contribution in [0.4, 0.5) is 4.39 Å². The van der Waals surface area contributed by atoms with Crippen LogP contribution < -0.4 is 0 Å². The molecule has 0 aliphatic rings. The second kappa shape index (κ2) is 3.33. The van der Waals surface area contributed by atoms with Crippen LogP contribution in [0.25, 0.3) is 0 Å². The molecule has 0 spiro atoms. The third kappa shape index (κ3) is 3.02. The van der Waals surface area contributed by atoms with Gasteiger partial charge in [0.25, 0.3) is 0 Å². The highest BCUT2D eigenvalue weighted by Crippen LogP contribution is 2.19. The lowest BCUT2D eigenvalue weighted by atomic mass is 10.2. The van der Waals surface area contributed by atoms with E-state index in [4.69, 9.17) is 5.11 Å². The Morgan fingerprint density at radius 2 is 2.08 bits per heavy atom. The minimum atomic E-state index is -3.19. The number of phenols is 1. The summed E-state index contributed by atoms with van der Waals surface area (Å²) in [6.45, 7) is 0. The van der Waals surface area contributed by atoms with Crippen LogP contribution in [0.15, 0.2) is 18.2 Å². The van der Waals surface area contributed by atoms with E-state index in [1.165, 1.54) is 6.07 Å². The molecule has 1 aromatic rings. The van der Waals surface area contributed by atoms with Crippen molar-refractivity contribution < 1.29 is 17.9 Å². The van der Waals surface area contributed by atoms with Gasteiger partial charge in [-0.1, -0.05) is 6.07 Å². The number of sulfone groups is 1. The molecule has 1 rings (SSSR count). The van der Waals surface area contributed by atoms with E-state index in [2.05, 4.69) is 0 Å². The molecule has 72 valence electrons. The lowest BCUT2D eigenvalue weighted by Crippen LogP contribution is -2.00. The second-order valence-corrected chi connectivity index (χ2v) is 4.98. The molecular weight excluding hydrogens is 195 g/mol. The first kappa shape index (κ1) is 9.98. The Bertz CT molecular complexity index is 411. The quantitative estimate of drug-likeness (QED) is 0.784. The second-order valence-electron chi connectivity index (χ2n) is 2.84. The lowest BCUT2D eigenvalue weighted by Gasteiger charge is -2.02. The molecule has 0 aliphatic heterocycles. The molecule has 0 atom stereocenters. The molecule has 0 bridgehead atoms. The summed E-state index contributed by atoms with van der Waals surface area (Å²) in [6, 6.07) is 3.26. The number of benzene rings is 1. The van der Waals surface area contributed by atoms with Crippen molar-refractivity contribution in [2.75, 3.05) is 6.26 Å². The van der Waals surface area contributed by atoms with Gasteiger partial charge in [0.05, 0.1) is 5.75 Å². The van der Waals surface area contributed by atoms with Crippen molar-refractivity contribution in [3.8, 4) is 5.75 Å². The molecule has 0 fully saturated rings. The molecule has 0 amide bonds. The average molecular weight is 204 g/mol. The predicted molar refractivity (Wildman–Crippen MR) is 46.6 cm³/mol. The monoisotopic (exact) mass is 204 g/mol. The van der Waals surface area contributed by atoms with Crippen molar-refractivity contribution in [3.63, 3.8) is 0 Å². The summed E-state index contributed by atoms with van der Waals surface area (Å²) in [6.07, 6.45) is 1.05. The summed E-state index contributed by atoms with van der Waals surface area (Å²) < 4.78 is 34.1. The molecular formula is C8H9FO3S. The van der Waals surface area contributed by atoms with Gasteiger partial charge in [0.15, 0.2) is 9.84 Å². The molecule has 1 aromatic carbocycles. The van der Waals surface area contributed by atoms with E-state index in [9.17, 15) is 12.8 Å². The molecule has 0 unspecified atom stereocenters. The Hall–Kier alpha value is -1.10. The Morgan fingerprint density at radius 1 is 1.46 bits per heavy atom. The van der Waals surface area contributed by atoms with Crippen LogP contribution in [0, 0.1) is 5.82 Å². The first-order valence-electron chi connectivity index (χ1n) is 3.53. The first-order chi connectivity index (χ1) is 5.88. The van der Waals surface area contributed by atoms with E-state index in [-0.39, 0.29) is 17.1 Å². The SMILES string of the molecule is CS(=O)(=O)Cc1ccc(F)cc1O. The van der Waals surface area contributed by atoms with Gasteiger partial charge in [0, 0.05) is 17.9 Å². The highest BCUT2D eigenvalue weighted by Gasteiger charge is 2.09. The molecule has 1 N–H and O–H groups in total. The van der Waals surface area contributed by atoms with Crippen LogP contribution in [-0.2, 0) is 15.6 Å². The Labute approximate surface area is 75.7 Å². The van der Waals surface area contributed by atoms with Gasteiger partial charge in [-0.15, -0.1) is 0 Å². The Morgan fingerprint density at radius 3 is 2.54 bits per heavy atom. The van der Waals surface area contributed by atoms with E-state index >= 15 is 0 Å². The van der Waals surface area contributed by atoms with E-state index < -0.39 is 15.7 Å². The number of rotatable bonds is 2. The van der Waals surface area contributed by atoms with E-state index in [0.29, 0.717) is 0 Å². The van der Waals surface area contributed by atoms with Gasteiger partial charge < -0.3 is 5.11 Å². The topological polar surface area (TPSA) is 54.4 Å². The van der Waals surface area contributed by atoms with Crippen LogP contribution in [-0.4, -0.2) is 19.8 Å². The number of phenolic OH excluding ortho intramolecular Hbond substituents is 1. The van der Waals surface area contributed by atoms with Crippen LogP contribution in [0.3, 0.4) is 0 Å². The van der Waals surface area contributed by atoms with Gasteiger partial charge in [-0.2, -0.15) is 0 Å². The zero-order valence-electron chi connectivity index (χ0n) is 6.99. The number of hydrogen-bond acceptors (Lipinski definition) is 3. The number of halogens is 1. The molecule has 0 aromatic heterocycles. The minimum Gasteiger partial charge on any atom is -0.508 e. The van der Waals surface area contributed by atoms with Crippen LogP contribution >= 0.6 is 0 Å². The summed E-state index contributed by atoms with van der Waals surface area (Å²) in [4.78, 5) is 0. The molecule has 0 saturated heterocycles. The van der Waals surface area contributed by atoms with Crippen molar-refractivity contribution in [2.45, 2.75) is 5.75 Å². The van der Waals surface area contributed by atoms with Crippen molar-refractivity contribution in [2.24, 2.45) is 0 Å². The lowest BCUT2D eigenvalue weighted by molar-refractivity contribution is 0.463. The molecule has 0 saturated carbocycles. The molecule has 3 nitrogen and oxygen atoms in total. The standard InChI is InChI=1S/C8H9FO3S/c1-13(11,12)5-6-2-3-7(9)4-8(6)10/h2-4,10H,5H2,1H3. The minimum absolute atomic E-state index is 0.212. The van der Waals surface area contributed by atoms with Gasteiger partial charge in [-0.25, -0.2) is 12.8 Å². The Kier molecular flexibility index (Phi) is 2.56. The molecule has 13 heavy (non-hydrogen) atoms. The Balaban J connectivity index is 3.04. The van der Waals surface area contributed by atoms with E-state index in [1.807, 2.05) is 0 Å². The maximum absolute atomic E-state index is 12.5. The largest absolute Gasteiger partial charge is 0.508 e. The van der Waals surface area contributed by atoms with Crippen molar-refractivity contribution >= 4 is 9.84 Å². The van der Waals surface area contributed by atoms with Gasteiger partial charge in [0.1, 0.15) is 11.6 Å². The van der Waals surface area contributed by atoms with Crippen molar-refractivity contribution in [1.82, 2.24) is 0 Å². The first-order valence-corrected chi connectivity index (χ1v) is 5.59. The number of aromatic hydroxyl groups is 1. The van der Waals surface area contributed by atoms with Crippen LogP contribution in [0.1, 0.15) is 5.56 Å². The average Bonchev–Trinajstić information content (AvgIpc) is 1.93. The predicted octanol–water partition coefficient (Wildman–Crippen LogP) is 1.08. The fraction of sp³-hybridized carbons (Fsp3) is 0.250. The number of hydrogen-bond donors (Lipinski definition) is 1. The normalized spacial score (nSPS) is 11.5. The summed E-state index contributed by atoms with van der Waals surface area (Å²) in [5, 5.41) is 9.15. The highest BCUT2D eigenvalue weighted by atomic mass is 32.2. The van der Waals surface area contributed by atoms with E-state index in [1.54, 1.807) is 0 Å². The van der Waals surface area contributed by atoms with Crippen molar-refractivity contribution in [1.29, 1.82) is 0 Å². The van der Waals surface area contributed by atoms with Gasteiger partial charge in [-0.05, 0) is 6.07 Å².